The Bertz CT molecular complexity index is 1220. The van der Waals surface area contributed by atoms with Crippen LogP contribution >= 0.6 is 11.3 Å². The van der Waals surface area contributed by atoms with Crippen LogP contribution in [-0.2, 0) is 10.0 Å². The standard InChI is InChI=1S/C18H11F2N3O3S2/c19-14-8-5-12(10-15(14)20)18-21-17(22-26-18)11-3-6-13(7-4-11)23-28(24,25)16-2-1-9-27-16/h1-10,23H. The van der Waals surface area contributed by atoms with Gasteiger partial charge < -0.3 is 4.52 Å². The molecular formula is C18H11F2N3O3S2. The lowest BCUT2D eigenvalue weighted by Gasteiger charge is -2.06. The van der Waals surface area contributed by atoms with Crippen LogP contribution in [-0.4, -0.2) is 18.6 Å². The Morgan fingerprint density at radius 2 is 1.71 bits per heavy atom. The first kappa shape index (κ1) is 18.3. The maximum Gasteiger partial charge on any atom is 0.271 e. The largest absolute Gasteiger partial charge is 0.334 e. The third kappa shape index (κ3) is 3.64. The van der Waals surface area contributed by atoms with Crippen molar-refractivity contribution in [2.24, 2.45) is 0 Å². The van der Waals surface area contributed by atoms with Crippen molar-refractivity contribution in [1.29, 1.82) is 0 Å². The highest BCUT2D eigenvalue weighted by Gasteiger charge is 2.16. The molecule has 4 aromatic rings. The van der Waals surface area contributed by atoms with Crippen molar-refractivity contribution in [3.8, 4) is 22.8 Å². The maximum absolute atomic E-state index is 13.4. The lowest BCUT2D eigenvalue weighted by atomic mass is 10.2. The van der Waals surface area contributed by atoms with Gasteiger partial charge in [0.2, 0.25) is 5.82 Å². The SMILES string of the molecule is O=S(=O)(Nc1ccc(-c2noc(-c3ccc(F)c(F)c3)n2)cc1)c1cccs1. The van der Waals surface area contributed by atoms with E-state index in [-0.39, 0.29) is 21.5 Å². The fourth-order valence-corrected chi connectivity index (χ4v) is 4.45. The number of halogens is 2. The number of anilines is 1. The monoisotopic (exact) mass is 419 g/mol. The van der Waals surface area contributed by atoms with Gasteiger partial charge in [0.1, 0.15) is 4.21 Å². The quantitative estimate of drug-likeness (QED) is 0.513. The van der Waals surface area contributed by atoms with Gasteiger partial charge in [-0.15, -0.1) is 11.3 Å². The molecule has 10 heteroatoms. The van der Waals surface area contributed by atoms with Crippen LogP contribution in [0.4, 0.5) is 14.5 Å². The topological polar surface area (TPSA) is 85.1 Å². The van der Waals surface area contributed by atoms with Crippen molar-refractivity contribution >= 4 is 27.0 Å². The molecule has 0 spiro atoms. The first-order valence-electron chi connectivity index (χ1n) is 7.88. The molecule has 0 amide bonds. The number of hydrogen-bond acceptors (Lipinski definition) is 6. The average Bonchev–Trinajstić information content (AvgIpc) is 3.37. The van der Waals surface area contributed by atoms with E-state index in [4.69, 9.17) is 4.52 Å². The van der Waals surface area contributed by atoms with Crippen LogP contribution in [0.1, 0.15) is 0 Å². The zero-order valence-corrected chi connectivity index (χ0v) is 15.6. The molecule has 0 aliphatic carbocycles. The zero-order chi connectivity index (χ0) is 19.7. The van der Waals surface area contributed by atoms with E-state index in [9.17, 15) is 17.2 Å². The van der Waals surface area contributed by atoms with Crippen LogP contribution in [0.25, 0.3) is 22.8 Å². The van der Waals surface area contributed by atoms with Crippen molar-refractivity contribution < 1.29 is 21.7 Å². The molecule has 0 saturated carbocycles. The summed E-state index contributed by atoms with van der Waals surface area (Å²) in [5.74, 6) is -1.72. The minimum absolute atomic E-state index is 0.0383. The van der Waals surface area contributed by atoms with Crippen molar-refractivity contribution in [3.63, 3.8) is 0 Å². The molecular weight excluding hydrogens is 408 g/mol. The predicted octanol–water partition coefficient (Wildman–Crippen LogP) is 4.54. The fourth-order valence-electron chi connectivity index (χ4n) is 2.40. The fraction of sp³-hybridized carbons (Fsp3) is 0. The number of nitrogens with zero attached hydrogens (tertiary/aromatic N) is 2. The smallest absolute Gasteiger partial charge is 0.271 e. The first-order chi connectivity index (χ1) is 13.4. The first-order valence-corrected chi connectivity index (χ1v) is 10.2. The molecule has 0 aliphatic rings. The van der Waals surface area contributed by atoms with E-state index in [0.29, 0.717) is 11.3 Å². The third-order valence-electron chi connectivity index (χ3n) is 3.75. The highest BCUT2D eigenvalue weighted by atomic mass is 32.2. The second-order valence-electron chi connectivity index (χ2n) is 5.67. The molecule has 0 unspecified atom stereocenters. The van der Waals surface area contributed by atoms with Crippen molar-refractivity contribution in [1.82, 2.24) is 10.1 Å². The highest BCUT2D eigenvalue weighted by Crippen LogP contribution is 2.26. The summed E-state index contributed by atoms with van der Waals surface area (Å²) in [6.45, 7) is 0. The van der Waals surface area contributed by atoms with Gasteiger partial charge in [0.05, 0.1) is 0 Å². The van der Waals surface area contributed by atoms with Crippen LogP contribution in [0.15, 0.2) is 68.7 Å². The molecule has 28 heavy (non-hydrogen) atoms. The summed E-state index contributed by atoms with van der Waals surface area (Å²) >= 11 is 1.12. The van der Waals surface area contributed by atoms with Gasteiger partial charge in [0.15, 0.2) is 11.6 Å². The Hall–Kier alpha value is -3.11. The molecule has 1 N–H and O–H groups in total. The van der Waals surface area contributed by atoms with Gasteiger partial charge in [0.25, 0.3) is 15.9 Å². The zero-order valence-electron chi connectivity index (χ0n) is 14.0. The lowest BCUT2D eigenvalue weighted by molar-refractivity contribution is 0.431. The van der Waals surface area contributed by atoms with Gasteiger partial charge in [0, 0.05) is 16.8 Å². The minimum atomic E-state index is -3.63. The van der Waals surface area contributed by atoms with Gasteiger partial charge in [-0.05, 0) is 53.9 Å². The summed E-state index contributed by atoms with van der Waals surface area (Å²) in [4.78, 5) is 4.16. The van der Waals surface area contributed by atoms with Gasteiger partial charge >= 0.3 is 0 Å². The molecule has 0 bridgehead atoms. The normalized spacial score (nSPS) is 11.5. The summed E-state index contributed by atoms with van der Waals surface area (Å²) in [5, 5.41) is 5.50. The number of hydrogen-bond donors (Lipinski definition) is 1. The third-order valence-corrected chi connectivity index (χ3v) is 6.53. The molecule has 6 nitrogen and oxygen atoms in total. The van der Waals surface area contributed by atoms with Crippen LogP contribution in [0, 0.1) is 11.6 Å². The van der Waals surface area contributed by atoms with Crippen LogP contribution in [0.2, 0.25) is 0 Å². The Morgan fingerprint density at radius 3 is 2.39 bits per heavy atom. The van der Waals surface area contributed by atoms with Gasteiger partial charge in [-0.25, -0.2) is 17.2 Å². The Kier molecular flexibility index (Phi) is 4.65. The molecule has 0 fully saturated rings. The van der Waals surface area contributed by atoms with E-state index in [0.717, 1.165) is 23.5 Å². The van der Waals surface area contributed by atoms with Crippen molar-refractivity contribution in [2.75, 3.05) is 4.72 Å². The average molecular weight is 419 g/mol. The summed E-state index contributed by atoms with van der Waals surface area (Å²) < 4.78 is 58.7. The van der Waals surface area contributed by atoms with E-state index in [1.54, 1.807) is 35.7 Å². The molecule has 0 aliphatic heterocycles. The minimum Gasteiger partial charge on any atom is -0.334 e. The summed E-state index contributed by atoms with van der Waals surface area (Å²) in [7, 11) is -3.63. The van der Waals surface area contributed by atoms with E-state index in [2.05, 4.69) is 14.9 Å². The second-order valence-corrected chi connectivity index (χ2v) is 8.52. The second kappa shape index (κ2) is 7.13. The van der Waals surface area contributed by atoms with Gasteiger partial charge in [-0.1, -0.05) is 11.2 Å². The lowest BCUT2D eigenvalue weighted by Crippen LogP contribution is -2.11. The van der Waals surface area contributed by atoms with E-state index >= 15 is 0 Å². The van der Waals surface area contributed by atoms with Gasteiger partial charge in [-0.3, -0.25) is 4.72 Å². The van der Waals surface area contributed by atoms with Crippen LogP contribution in [0.5, 0.6) is 0 Å². The van der Waals surface area contributed by atoms with Crippen molar-refractivity contribution in [3.05, 3.63) is 71.6 Å². The number of thiophene rings is 1. The number of nitrogens with one attached hydrogen (secondary N) is 1. The molecule has 0 radical (unpaired) electrons. The Morgan fingerprint density at radius 1 is 0.964 bits per heavy atom. The maximum atomic E-state index is 13.4. The van der Waals surface area contributed by atoms with E-state index in [1.807, 2.05) is 0 Å². The molecule has 142 valence electrons. The number of sulfonamides is 1. The summed E-state index contributed by atoms with van der Waals surface area (Å²) in [6.07, 6.45) is 0. The summed E-state index contributed by atoms with van der Waals surface area (Å²) in [5.41, 5.74) is 1.19. The van der Waals surface area contributed by atoms with Gasteiger partial charge in [-0.2, -0.15) is 4.98 Å². The van der Waals surface area contributed by atoms with Crippen LogP contribution in [0.3, 0.4) is 0 Å². The number of benzene rings is 2. The molecule has 0 saturated heterocycles. The number of rotatable bonds is 5. The molecule has 2 aromatic heterocycles. The van der Waals surface area contributed by atoms with Crippen molar-refractivity contribution in [2.45, 2.75) is 4.21 Å². The molecule has 2 heterocycles. The summed E-state index contributed by atoms with van der Waals surface area (Å²) in [6, 6.07) is 12.8. The van der Waals surface area contributed by atoms with E-state index < -0.39 is 21.7 Å². The molecule has 0 atom stereocenters. The number of aromatic nitrogens is 2. The Balaban J connectivity index is 1.55. The predicted molar refractivity (Wildman–Crippen MR) is 100 cm³/mol. The molecule has 2 aromatic carbocycles. The van der Waals surface area contributed by atoms with E-state index in [1.165, 1.54) is 12.1 Å². The Labute approximate surface area is 162 Å². The van der Waals surface area contributed by atoms with Crippen LogP contribution < -0.4 is 4.72 Å². The highest BCUT2D eigenvalue weighted by molar-refractivity contribution is 7.94. The molecule has 4 rings (SSSR count).